The van der Waals surface area contributed by atoms with Crippen LogP contribution in [-0.4, -0.2) is 0 Å². The highest BCUT2D eigenvalue weighted by Crippen LogP contribution is 2.42. The number of aryl methyl sites for hydroxylation is 2. The Kier molecular flexibility index (Phi) is 17.7. The lowest BCUT2D eigenvalue weighted by Gasteiger charge is -2.08. The van der Waals surface area contributed by atoms with Crippen LogP contribution in [0.1, 0.15) is 122 Å². The fraction of sp³-hybridized carbons (Fsp3) is 0.286. The SMILES string of the molecule is CCCCCCCCc1ccc(-c2ccc(-c3ccc(C#Cc4ccc(-c5ccc(C#Cc6ccc(-c7ccc(-c8ccc(CCCCCCCC)s8)s7)s6)cc5Br)c(Br)c4)s3)s2)s1. The fourth-order valence-electron chi connectivity index (χ4n) is 7.62. The van der Waals surface area contributed by atoms with Gasteiger partial charge in [0.1, 0.15) is 0 Å². The first-order valence-electron chi connectivity index (χ1n) is 22.6. The summed E-state index contributed by atoms with van der Waals surface area (Å²) in [4.78, 5) is 15.8. The predicted octanol–water partition coefficient (Wildman–Crippen LogP) is 20.5. The summed E-state index contributed by atoms with van der Waals surface area (Å²) in [6, 6.07) is 39.8. The van der Waals surface area contributed by atoms with Crippen LogP contribution in [0.2, 0.25) is 0 Å². The van der Waals surface area contributed by atoms with Crippen molar-refractivity contribution < 1.29 is 0 Å². The van der Waals surface area contributed by atoms with Crippen LogP contribution in [0.5, 0.6) is 0 Å². The lowest BCUT2D eigenvalue weighted by molar-refractivity contribution is 0.609. The number of benzene rings is 2. The van der Waals surface area contributed by atoms with Crippen molar-refractivity contribution in [1.29, 1.82) is 0 Å². The third-order valence-electron chi connectivity index (χ3n) is 11.2. The molecule has 0 nitrogen and oxygen atoms in total. The Labute approximate surface area is 422 Å². The van der Waals surface area contributed by atoms with E-state index in [1.807, 2.05) is 45.3 Å². The van der Waals surface area contributed by atoms with Crippen molar-refractivity contribution >= 4 is 99.9 Å². The Hall–Kier alpha value is -3.28. The van der Waals surface area contributed by atoms with Gasteiger partial charge in [-0.25, -0.2) is 0 Å². The first kappa shape index (κ1) is 47.2. The maximum Gasteiger partial charge on any atom is 0.0779 e. The van der Waals surface area contributed by atoms with Crippen LogP contribution in [0.4, 0.5) is 0 Å². The van der Waals surface area contributed by atoms with Gasteiger partial charge < -0.3 is 0 Å². The Balaban J connectivity index is 0.844. The average Bonchev–Trinajstić information content (AvgIpc) is 4.16. The molecule has 0 unspecified atom stereocenters. The molecular weight excluding hydrogens is 1020 g/mol. The third-order valence-corrected chi connectivity index (χ3v) is 19.7. The number of hydrogen-bond acceptors (Lipinski definition) is 6. The highest BCUT2D eigenvalue weighted by Gasteiger charge is 2.13. The average molecular weight is 1080 g/mol. The van der Waals surface area contributed by atoms with Gasteiger partial charge in [-0.3, -0.25) is 0 Å². The Morgan fingerprint density at radius 1 is 0.344 bits per heavy atom. The molecule has 0 saturated heterocycles. The van der Waals surface area contributed by atoms with Crippen molar-refractivity contribution in [3.05, 3.63) is 149 Å². The molecule has 64 heavy (non-hydrogen) atoms. The van der Waals surface area contributed by atoms with E-state index in [-0.39, 0.29) is 0 Å². The molecular formula is C56H52Br2S6. The van der Waals surface area contributed by atoms with Crippen molar-refractivity contribution in [1.82, 2.24) is 0 Å². The van der Waals surface area contributed by atoms with Gasteiger partial charge in [-0.1, -0.05) is 146 Å². The quantitative estimate of drug-likeness (QED) is 0.0559. The molecule has 0 aliphatic rings. The molecule has 8 aromatic rings. The Bertz CT molecular complexity index is 2690. The van der Waals surface area contributed by atoms with E-state index in [0.717, 1.165) is 41.0 Å². The summed E-state index contributed by atoms with van der Waals surface area (Å²) < 4.78 is 2.02. The van der Waals surface area contributed by atoms with Crippen LogP contribution in [0.3, 0.4) is 0 Å². The molecule has 326 valence electrons. The first-order valence-corrected chi connectivity index (χ1v) is 29.1. The van der Waals surface area contributed by atoms with Crippen LogP contribution < -0.4 is 0 Å². The zero-order valence-electron chi connectivity index (χ0n) is 36.5. The summed E-state index contributed by atoms with van der Waals surface area (Å²) in [5, 5.41) is 0. The van der Waals surface area contributed by atoms with Gasteiger partial charge in [0.05, 0.1) is 9.75 Å². The number of halogens is 2. The van der Waals surface area contributed by atoms with Gasteiger partial charge in [-0.15, -0.1) is 68.0 Å². The smallest absolute Gasteiger partial charge is 0.0779 e. The van der Waals surface area contributed by atoms with Crippen LogP contribution >= 0.6 is 99.9 Å². The van der Waals surface area contributed by atoms with Gasteiger partial charge in [0.2, 0.25) is 0 Å². The molecule has 8 heteroatoms. The van der Waals surface area contributed by atoms with Crippen LogP contribution in [0, 0.1) is 23.7 Å². The van der Waals surface area contributed by atoms with Crippen molar-refractivity contribution in [2.24, 2.45) is 0 Å². The normalized spacial score (nSPS) is 11.1. The van der Waals surface area contributed by atoms with Gasteiger partial charge >= 0.3 is 0 Å². The molecule has 0 spiro atoms. The number of hydrogen-bond donors (Lipinski definition) is 0. The molecule has 2 aromatic carbocycles. The van der Waals surface area contributed by atoms with Gasteiger partial charge in [0.15, 0.2) is 0 Å². The van der Waals surface area contributed by atoms with Gasteiger partial charge in [0.25, 0.3) is 0 Å². The molecule has 0 atom stereocenters. The summed E-state index contributed by atoms with van der Waals surface area (Å²) >= 11 is 18.9. The Morgan fingerprint density at radius 3 is 1.09 bits per heavy atom. The van der Waals surface area contributed by atoms with E-state index in [4.69, 9.17) is 0 Å². The van der Waals surface area contributed by atoms with Crippen LogP contribution in [0.15, 0.2) is 118 Å². The molecule has 8 rings (SSSR count). The van der Waals surface area contributed by atoms with E-state index in [9.17, 15) is 0 Å². The van der Waals surface area contributed by atoms with Gasteiger partial charge in [0, 0.05) is 68.8 Å². The monoisotopic (exact) mass is 1070 g/mol. The molecule has 6 heterocycles. The molecule has 0 amide bonds. The second kappa shape index (κ2) is 24.0. The second-order valence-corrected chi connectivity index (χ2v) is 24.5. The highest BCUT2D eigenvalue weighted by atomic mass is 79.9. The highest BCUT2D eigenvalue weighted by molar-refractivity contribution is 9.11. The van der Waals surface area contributed by atoms with E-state index < -0.39 is 0 Å². The molecule has 0 fully saturated rings. The van der Waals surface area contributed by atoms with E-state index in [0.29, 0.717) is 0 Å². The third kappa shape index (κ3) is 13.0. The lowest BCUT2D eigenvalue weighted by atomic mass is 10.0. The fourth-order valence-corrected chi connectivity index (χ4v) is 15.0. The van der Waals surface area contributed by atoms with E-state index in [1.54, 1.807) is 22.7 Å². The Morgan fingerprint density at radius 2 is 0.688 bits per heavy atom. The predicted molar refractivity (Wildman–Crippen MR) is 295 cm³/mol. The van der Waals surface area contributed by atoms with Crippen LogP contribution in [0.25, 0.3) is 50.1 Å². The maximum atomic E-state index is 3.85. The number of rotatable bonds is 19. The van der Waals surface area contributed by atoms with Crippen LogP contribution in [-0.2, 0) is 12.8 Å². The topological polar surface area (TPSA) is 0 Å². The molecule has 0 radical (unpaired) electrons. The van der Waals surface area contributed by atoms with E-state index in [2.05, 4.69) is 179 Å². The number of thiophene rings is 6. The second-order valence-electron chi connectivity index (χ2n) is 16.1. The lowest BCUT2D eigenvalue weighted by Crippen LogP contribution is -1.86. The summed E-state index contributed by atoms with van der Waals surface area (Å²) in [5.74, 6) is 13.7. The van der Waals surface area contributed by atoms with E-state index >= 15 is 0 Å². The maximum absolute atomic E-state index is 3.85. The standard InChI is InChI=1S/C56H52Br2S6/c1-3-5-7-9-11-13-15-41-23-29-49(59-41)53-33-35-55(63-53)51-31-25-43(61-51)21-17-39-19-27-45(47(57)37-39)46-28-20-40(38-48(46)58)18-22-44-26-32-52(62-44)56-36-34-54(64-56)50-30-24-42(60-50)16-14-12-10-8-6-4-2/h19-20,23-38H,3-16H2,1-2H3. The summed E-state index contributed by atoms with van der Waals surface area (Å²) in [6.07, 6.45) is 18.6. The van der Waals surface area contributed by atoms with Gasteiger partial charge in [-0.2, -0.15) is 0 Å². The zero-order chi connectivity index (χ0) is 44.1. The zero-order valence-corrected chi connectivity index (χ0v) is 44.6. The van der Waals surface area contributed by atoms with Crippen molar-refractivity contribution in [2.75, 3.05) is 0 Å². The number of unbranched alkanes of at least 4 members (excludes halogenated alkanes) is 10. The van der Waals surface area contributed by atoms with Crippen molar-refractivity contribution in [2.45, 2.75) is 104 Å². The molecule has 0 N–H and O–H groups in total. The molecule has 6 aromatic heterocycles. The van der Waals surface area contributed by atoms with Crippen molar-refractivity contribution in [3.63, 3.8) is 0 Å². The molecule has 0 aliphatic heterocycles. The van der Waals surface area contributed by atoms with Gasteiger partial charge in [-0.05, 0) is 134 Å². The summed E-state index contributed by atoms with van der Waals surface area (Å²) in [7, 11) is 0. The largest absolute Gasteiger partial charge is 0.139 e. The summed E-state index contributed by atoms with van der Waals surface area (Å²) in [6.45, 7) is 4.56. The molecule has 0 aliphatic carbocycles. The minimum Gasteiger partial charge on any atom is -0.139 e. The van der Waals surface area contributed by atoms with Crippen molar-refractivity contribution in [3.8, 4) is 73.8 Å². The minimum atomic E-state index is 0.977. The first-order chi connectivity index (χ1) is 31.4. The van der Waals surface area contributed by atoms with E-state index in [1.165, 1.54) is 139 Å². The molecule has 0 saturated carbocycles. The minimum absolute atomic E-state index is 0.977. The summed E-state index contributed by atoms with van der Waals surface area (Å²) in [5.41, 5.74) is 4.18. The molecule has 0 bridgehead atoms.